The Hall–Kier alpha value is -2.67. The highest BCUT2D eigenvalue weighted by atomic mass is 16.2. The summed E-state index contributed by atoms with van der Waals surface area (Å²) in [6.45, 7) is 3.64. The van der Waals surface area contributed by atoms with Crippen LogP contribution in [0.3, 0.4) is 0 Å². The van der Waals surface area contributed by atoms with Gasteiger partial charge in [-0.1, -0.05) is 24.3 Å². The summed E-state index contributed by atoms with van der Waals surface area (Å²) >= 11 is 0. The van der Waals surface area contributed by atoms with Crippen LogP contribution in [0.2, 0.25) is 0 Å². The number of benzene rings is 1. The molecule has 0 spiro atoms. The van der Waals surface area contributed by atoms with Crippen LogP contribution in [0.1, 0.15) is 45.9 Å². The van der Waals surface area contributed by atoms with E-state index in [1.54, 1.807) is 12.1 Å². The Morgan fingerprint density at radius 1 is 1.30 bits per heavy atom. The fourth-order valence-corrected chi connectivity index (χ4v) is 3.23. The number of carbonyl (C=O) groups is 1. The number of aryl methyl sites for hydroxylation is 1. The second-order valence-corrected chi connectivity index (χ2v) is 5.99. The monoisotopic (exact) mass is 305 g/mol. The predicted octanol–water partition coefficient (Wildman–Crippen LogP) is 3.28. The summed E-state index contributed by atoms with van der Waals surface area (Å²) in [6.07, 6.45) is 3.62. The lowest BCUT2D eigenvalue weighted by Crippen LogP contribution is -2.39. The molecular weight excluding hydrogens is 286 g/mol. The van der Waals surface area contributed by atoms with E-state index in [1.807, 2.05) is 17.0 Å². The number of nitrogens with zero attached hydrogens (tertiary/aromatic N) is 3. The van der Waals surface area contributed by atoms with Gasteiger partial charge >= 0.3 is 0 Å². The van der Waals surface area contributed by atoms with Gasteiger partial charge in [0.2, 0.25) is 0 Å². The highest BCUT2D eigenvalue weighted by Crippen LogP contribution is 2.29. The third-order valence-corrected chi connectivity index (χ3v) is 4.46. The summed E-state index contributed by atoms with van der Waals surface area (Å²) in [5.41, 5.74) is 3.50. The van der Waals surface area contributed by atoms with Crippen molar-refractivity contribution in [2.75, 3.05) is 13.1 Å². The van der Waals surface area contributed by atoms with Gasteiger partial charge < -0.3 is 4.90 Å². The summed E-state index contributed by atoms with van der Waals surface area (Å²) in [7, 11) is 0. The van der Waals surface area contributed by atoms with Crippen LogP contribution in [0, 0.1) is 18.3 Å². The molecule has 2 aromatic rings. The van der Waals surface area contributed by atoms with Crippen molar-refractivity contribution in [1.29, 1.82) is 5.26 Å². The van der Waals surface area contributed by atoms with E-state index < -0.39 is 0 Å². The van der Waals surface area contributed by atoms with Gasteiger partial charge in [0.05, 0.1) is 5.56 Å². The standard InChI is InChI=1S/C19H19N3O/c1-14-5-2-3-7-18(14)16-6-4-10-22(13-16)19(23)15-8-9-17(11-20)21-12-15/h2-3,5,7-9,12,16H,4,6,10,13H2,1H3. The largest absolute Gasteiger partial charge is 0.338 e. The van der Waals surface area contributed by atoms with E-state index in [0.717, 1.165) is 25.9 Å². The third-order valence-electron chi connectivity index (χ3n) is 4.46. The highest BCUT2D eigenvalue weighted by molar-refractivity contribution is 5.94. The Kier molecular flexibility index (Phi) is 4.38. The van der Waals surface area contributed by atoms with E-state index in [1.165, 1.54) is 17.3 Å². The van der Waals surface area contributed by atoms with Crippen molar-refractivity contribution < 1.29 is 4.79 Å². The SMILES string of the molecule is Cc1ccccc1C1CCCN(C(=O)c2ccc(C#N)nc2)C1. The van der Waals surface area contributed by atoms with Gasteiger partial charge in [-0.3, -0.25) is 4.79 Å². The average molecular weight is 305 g/mol. The molecule has 0 N–H and O–H groups in total. The maximum Gasteiger partial charge on any atom is 0.255 e. The van der Waals surface area contributed by atoms with E-state index >= 15 is 0 Å². The van der Waals surface area contributed by atoms with Gasteiger partial charge in [0.25, 0.3) is 5.91 Å². The van der Waals surface area contributed by atoms with E-state index in [9.17, 15) is 4.79 Å². The van der Waals surface area contributed by atoms with Gasteiger partial charge in [-0.05, 0) is 43.0 Å². The van der Waals surface area contributed by atoms with Crippen LogP contribution in [0.4, 0.5) is 0 Å². The zero-order chi connectivity index (χ0) is 16.2. The lowest BCUT2D eigenvalue weighted by molar-refractivity contribution is 0.0706. The van der Waals surface area contributed by atoms with Gasteiger partial charge in [0.1, 0.15) is 11.8 Å². The Morgan fingerprint density at radius 2 is 2.13 bits per heavy atom. The van der Waals surface area contributed by atoms with Crippen molar-refractivity contribution in [3.8, 4) is 6.07 Å². The van der Waals surface area contributed by atoms with Crippen LogP contribution >= 0.6 is 0 Å². The first-order valence-corrected chi connectivity index (χ1v) is 7.90. The molecule has 1 fully saturated rings. The quantitative estimate of drug-likeness (QED) is 0.855. The van der Waals surface area contributed by atoms with Crippen LogP contribution in [0.5, 0.6) is 0 Å². The Bertz CT molecular complexity index is 746. The van der Waals surface area contributed by atoms with Crippen LogP contribution in [0.15, 0.2) is 42.6 Å². The maximum atomic E-state index is 12.7. The zero-order valence-corrected chi connectivity index (χ0v) is 13.2. The molecule has 116 valence electrons. The minimum Gasteiger partial charge on any atom is -0.338 e. The van der Waals surface area contributed by atoms with Crippen molar-refractivity contribution in [2.24, 2.45) is 0 Å². The minimum atomic E-state index is 0.000254. The van der Waals surface area contributed by atoms with Gasteiger partial charge in [-0.15, -0.1) is 0 Å². The molecule has 3 rings (SSSR count). The molecule has 0 saturated carbocycles. The molecular formula is C19H19N3O. The van der Waals surface area contributed by atoms with Crippen LogP contribution < -0.4 is 0 Å². The van der Waals surface area contributed by atoms with Gasteiger partial charge in [-0.25, -0.2) is 4.98 Å². The number of nitriles is 1. The molecule has 0 radical (unpaired) electrons. The number of aromatic nitrogens is 1. The van der Waals surface area contributed by atoms with Crippen molar-refractivity contribution in [2.45, 2.75) is 25.7 Å². The molecule has 1 aromatic heterocycles. The number of hydrogen-bond donors (Lipinski definition) is 0. The van der Waals surface area contributed by atoms with Crippen molar-refractivity contribution in [3.63, 3.8) is 0 Å². The molecule has 23 heavy (non-hydrogen) atoms. The number of hydrogen-bond acceptors (Lipinski definition) is 3. The fourth-order valence-electron chi connectivity index (χ4n) is 3.23. The van der Waals surface area contributed by atoms with Crippen LogP contribution in [-0.4, -0.2) is 28.9 Å². The molecule has 1 amide bonds. The number of piperidine rings is 1. The molecule has 1 saturated heterocycles. The van der Waals surface area contributed by atoms with Crippen LogP contribution in [-0.2, 0) is 0 Å². The molecule has 1 aliphatic heterocycles. The van der Waals surface area contributed by atoms with E-state index in [0.29, 0.717) is 17.2 Å². The third kappa shape index (κ3) is 3.24. The molecule has 1 atom stereocenters. The lowest BCUT2D eigenvalue weighted by atomic mass is 9.88. The first-order chi connectivity index (χ1) is 11.2. The van der Waals surface area contributed by atoms with Gasteiger partial charge in [-0.2, -0.15) is 5.26 Å². The second kappa shape index (κ2) is 6.62. The summed E-state index contributed by atoms with van der Waals surface area (Å²) in [5, 5.41) is 8.79. The smallest absolute Gasteiger partial charge is 0.255 e. The number of rotatable bonds is 2. The lowest BCUT2D eigenvalue weighted by Gasteiger charge is -2.33. The first-order valence-electron chi connectivity index (χ1n) is 7.90. The molecule has 4 heteroatoms. The maximum absolute atomic E-state index is 12.7. The summed E-state index contributed by atoms with van der Waals surface area (Å²) in [4.78, 5) is 18.6. The molecule has 4 nitrogen and oxygen atoms in total. The van der Waals surface area contributed by atoms with Crippen LogP contribution in [0.25, 0.3) is 0 Å². The molecule has 1 aliphatic rings. The average Bonchev–Trinajstić information content (AvgIpc) is 2.62. The summed E-state index contributed by atoms with van der Waals surface area (Å²) < 4.78 is 0. The number of carbonyl (C=O) groups excluding carboxylic acids is 1. The molecule has 1 aromatic carbocycles. The number of pyridine rings is 1. The Balaban J connectivity index is 1.76. The first kappa shape index (κ1) is 15.2. The minimum absolute atomic E-state index is 0.000254. The van der Waals surface area contributed by atoms with Crippen molar-refractivity contribution >= 4 is 5.91 Å². The fraction of sp³-hybridized carbons (Fsp3) is 0.316. The normalized spacial score (nSPS) is 17.6. The predicted molar refractivity (Wildman–Crippen MR) is 88.0 cm³/mol. The number of likely N-dealkylation sites (tertiary alicyclic amines) is 1. The topological polar surface area (TPSA) is 57.0 Å². The molecule has 0 aliphatic carbocycles. The summed E-state index contributed by atoms with van der Waals surface area (Å²) in [5.74, 6) is 0.389. The molecule has 0 bridgehead atoms. The Morgan fingerprint density at radius 3 is 2.83 bits per heavy atom. The molecule has 1 unspecified atom stereocenters. The van der Waals surface area contributed by atoms with Gasteiger partial charge in [0.15, 0.2) is 0 Å². The van der Waals surface area contributed by atoms with E-state index in [2.05, 4.69) is 30.1 Å². The highest BCUT2D eigenvalue weighted by Gasteiger charge is 2.26. The number of amides is 1. The van der Waals surface area contributed by atoms with Crippen molar-refractivity contribution in [1.82, 2.24) is 9.88 Å². The molecule has 2 heterocycles. The Labute approximate surface area is 136 Å². The second-order valence-electron chi connectivity index (χ2n) is 5.99. The van der Waals surface area contributed by atoms with Crippen molar-refractivity contribution in [3.05, 3.63) is 65.0 Å². The van der Waals surface area contributed by atoms with E-state index in [-0.39, 0.29) is 5.91 Å². The zero-order valence-electron chi connectivity index (χ0n) is 13.2. The summed E-state index contributed by atoms with van der Waals surface area (Å²) in [6, 6.07) is 13.7. The van der Waals surface area contributed by atoms with E-state index in [4.69, 9.17) is 5.26 Å². The van der Waals surface area contributed by atoms with Gasteiger partial charge in [0, 0.05) is 25.2 Å².